The maximum absolute atomic E-state index is 13.7. The first-order valence-corrected chi connectivity index (χ1v) is 14.3. The first-order valence-electron chi connectivity index (χ1n) is 12.9. The second kappa shape index (κ2) is 9.65. The molecule has 2 aliphatic rings. The van der Waals surface area contributed by atoms with Gasteiger partial charge in [-0.1, -0.05) is 39.0 Å². The third-order valence-electron chi connectivity index (χ3n) is 7.59. The summed E-state index contributed by atoms with van der Waals surface area (Å²) in [5, 5.41) is 21.5. The minimum Gasteiger partial charge on any atom is -0.468 e. The van der Waals surface area contributed by atoms with Crippen LogP contribution < -0.4 is 4.90 Å². The Balaban J connectivity index is 1.80. The summed E-state index contributed by atoms with van der Waals surface area (Å²) >= 11 is 0. The average molecular weight is 556 g/mol. The van der Waals surface area contributed by atoms with Gasteiger partial charge < -0.3 is 19.8 Å². The predicted octanol–water partition coefficient (Wildman–Crippen LogP) is 3.64. The van der Waals surface area contributed by atoms with E-state index in [1.807, 2.05) is 37.8 Å². The van der Waals surface area contributed by atoms with Crippen molar-refractivity contribution in [3.05, 3.63) is 48.0 Å². The van der Waals surface area contributed by atoms with E-state index in [2.05, 4.69) is 0 Å². The van der Waals surface area contributed by atoms with Gasteiger partial charge in [-0.2, -0.15) is 4.31 Å². The quantitative estimate of drug-likeness (QED) is 0.457. The number of fused-ring (bicyclic) bond motifs is 1. The molecule has 3 heterocycles. The van der Waals surface area contributed by atoms with E-state index in [-0.39, 0.29) is 11.4 Å². The van der Waals surface area contributed by atoms with Crippen molar-refractivity contribution in [2.75, 3.05) is 31.6 Å². The van der Waals surface area contributed by atoms with Gasteiger partial charge in [-0.3, -0.25) is 4.79 Å². The molecule has 0 amide bonds. The van der Waals surface area contributed by atoms with Crippen LogP contribution in [0.5, 0.6) is 0 Å². The molecular formula is C28H33N3O7S. The third-order valence-corrected chi connectivity index (χ3v) is 9.50. The molecule has 2 fully saturated rings. The number of hydrogen-bond donors (Lipinski definition) is 2. The van der Waals surface area contributed by atoms with E-state index in [1.165, 1.54) is 23.8 Å². The topological polar surface area (TPSA) is 129 Å². The van der Waals surface area contributed by atoms with Gasteiger partial charge in [0.25, 0.3) is 0 Å². The molecule has 10 nitrogen and oxygen atoms in total. The molecule has 39 heavy (non-hydrogen) atoms. The molecule has 0 bridgehead atoms. The Bertz CT molecular complexity index is 1570. The predicted molar refractivity (Wildman–Crippen MR) is 147 cm³/mol. The monoisotopic (exact) mass is 555 g/mol. The maximum Gasteiger partial charge on any atom is 0.416 e. The number of carbonyl (C=O) groups is 2. The first-order chi connectivity index (χ1) is 18.4. The van der Waals surface area contributed by atoms with E-state index in [0.29, 0.717) is 48.4 Å². The highest BCUT2D eigenvalue weighted by Crippen LogP contribution is 2.45. The molecule has 2 unspecified atom stereocenters. The van der Waals surface area contributed by atoms with Crippen LogP contribution in [0.1, 0.15) is 39.2 Å². The molecule has 2 N–H and O–H groups in total. The zero-order chi connectivity index (χ0) is 28.3. The Morgan fingerprint density at radius 3 is 2.33 bits per heavy atom. The minimum atomic E-state index is -4.09. The van der Waals surface area contributed by atoms with Gasteiger partial charge in [-0.05, 0) is 48.1 Å². The summed E-state index contributed by atoms with van der Waals surface area (Å²) in [7, 11) is -2.87. The lowest BCUT2D eigenvalue weighted by Gasteiger charge is -2.37. The summed E-state index contributed by atoms with van der Waals surface area (Å²) in [5.74, 6) is -0.617. The summed E-state index contributed by atoms with van der Waals surface area (Å²) in [5.41, 5.74) is 2.22. The summed E-state index contributed by atoms with van der Waals surface area (Å²) < 4.78 is 34.6. The van der Waals surface area contributed by atoms with Crippen LogP contribution in [0.4, 0.5) is 10.5 Å². The van der Waals surface area contributed by atoms with E-state index in [4.69, 9.17) is 4.74 Å². The SMILES string of the molecule is COC(=O)C1CCN1S(=O)(=O)c1ccc(N2CCC(O)C2)c(-c2c(C(C)(C)C)c3ccccc3n2C(=O)O)c1. The lowest BCUT2D eigenvalue weighted by atomic mass is 9.83. The standard InChI is InChI=1S/C28H33N3O7S/c1-28(2,3)24-19-7-5-6-8-22(19)31(27(34)35)25(24)20-15-18(9-10-21(20)29-13-11-17(32)16-29)39(36,37)30-14-12-23(30)26(33)38-4/h5-10,15,17,23,32H,11-14,16H2,1-4H3,(H,34,35). The average Bonchev–Trinajstić information content (AvgIpc) is 3.43. The van der Waals surface area contributed by atoms with Crippen LogP contribution >= 0.6 is 0 Å². The smallest absolute Gasteiger partial charge is 0.416 e. The van der Waals surface area contributed by atoms with Crippen molar-refractivity contribution in [3.63, 3.8) is 0 Å². The van der Waals surface area contributed by atoms with Crippen LogP contribution in [-0.2, 0) is 25.0 Å². The van der Waals surface area contributed by atoms with Crippen molar-refractivity contribution < 1.29 is 33.0 Å². The minimum absolute atomic E-state index is 0.0448. The number of aliphatic hydroxyl groups is 1. The normalized spacial score (nSPS) is 20.3. The number of rotatable bonds is 5. The number of β-amino-alcohol motifs (C(OH)–C–C–N with tert-alkyl or cyclic N) is 1. The lowest BCUT2D eigenvalue weighted by molar-refractivity contribution is -0.148. The first kappa shape index (κ1) is 27.2. The highest BCUT2D eigenvalue weighted by Gasteiger charge is 2.44. The number of para-hydroxylation sites is 1. The largest absolute Gasteiger partial charge is 0.468 e. The van der Waals surface area contributed by atoms with Gasteiger partial charge in [-0.15, -0.1) is 0 Å². The summed E-state index contributed by atoms with van der Waals surface area (Å²) in [6.45, 7) is 7.03. The van der Waals surface area contributed by atoms with E-state index in [0.717, 1.165) is 15.3 Å². The highest BCUT2D eigenvalue weighted by molar-refractivity contribution is 7.89. The van der Waals surface area contributed by atoms with Gasteiger partial charge in [-0.25, -0.2) is 17.8 Å². The molecule has 2 aliphatic heterocycles. The van der Waals surface area contributed by atoms with Crippen molar-refractivity contribution in [2.45, 2.75) is 56.1 Å². The highest BCUT2D eigenvalue weighted by atomic mass is 32.2. The number of carbonyl (C=O) groups excluding carboxylic acids is 1. The molecule has 2 saturated heterocycles. The fraction of sp³-hybridized carbons (Fsp3) is 0.429. The molecule has 2 atom stereocenters. The summed E-state index contributed by atoms with van der Waals surface area (Å²) in [6.07, 6.45) is -0.826. The molecule has 0 radical (unpaired) electrons. The van der Waals surface area contributed by atoms with Gasteiger partial charge in [0.05, 0.1) is 29.3 Å². The second-order valence-electron chi connectivity index (χ2n) is 11.1. The Hall–Kier alpha value is -3.41. The number of ether oxygens (including phenoxy) is 1. The van der Waals surface area contributed by atoms with Crippen molar-refractivity contribution in [1.82, 2.24) is 8.87 Å². The molecule has 1 aromatic heterocycles. The van der Waals surface area contributed by atoms with E-state index in [1.54, 1.807) is 18.2 Å². The van der Waals surface area contributed by atoms with Crippen molar-refractivity contribution in [1.29, 1.82) is 0 Å². The summed E-state index contributed by atoms with van der Waals surface area (Å²) in [6, 6.07) is 11.0. The molecule has 0 saturated carbocycles. The molecule has 3 aromatic rings. The van der Waals surface area contributed by atoms with Crippen molar-refractivity contribution >= 4 is 38.7 Å². The fourth-order valence-electron chi connectivity index (χ4n) is 5.71. The van der Waals surface area contributed by atoms with Gasteiger partial charge in [0.15, 0.2) is 0 Å². The lowest BCUT2D eigenvalue weighted by Crippen LogP contribution is -2.55. The van der Waals surface area contributed by atoms with Crippen LogP contribution in [0.3, 0.4) is 0 Å². The van der Waals surface area contributed by atoms with Crippen LogP contribution in [-0.4, -0.2) is 78.5 Å². The Morgan fingerprint density at radius 1 is 1.05 bits per heavy atom. The molecule has 2 aromatic carbocycles. The molecular weight excluding hydrogens is 522 g/mol. The summed E-state index contributed by atoms with van der Waals surface area (Å²) in [4.78, 5) is 26.8. The number of methoxy groups -OCH3 is 1. The fourth-order valence-corrected chi connectivity index (χ4v) is 7.36. The number of esters is 1. The van der Waals surface area contributed by atoms with Gasteiger partial charge >= 0.3 is 12.1 Å². The Labute approximate surface area is 227 Å². The molecule has 0 spiro atoms. The number of aromatic nitrogens is 1. The Morgan fingerprint density at radius 2 is 1.77 bits per heavy atom. The van der Waals surface area contributed by atoms with Crippen LogP contribution in [0, 0.1) is 0 Å². The number of aliphatic hydroxyl groups excluding tert-OH is 1. The van der Waals surface area contributed by atoms with E-state index < -0.39 is 39.6 Å². The van der Waals surface area contributed by atoms with Crippen LogP contribution in [0.15, 0.2) is 47.4 Å². The van der Waals surface area contributed by atoms with Gasteiger partial charge in [0.2, 0.25) is 10.0 Å². The number of carboxylic acid groups (broad SMARTS) is 1. The third kappa shape index (κ3) is 4.48. The molecule has 0 aliphatic carbocycles. The number of sulfonamides is 1. The number of benzene rings is 2. The molecule has 5 rings (SSSR count). The zero-order valence-corrected chi connectivity index (χ0v) is 23.2. The zero-order valence-electron chi connectivity index (χ0n) is 22.4. The van der Waals surface area contributed by atoms with E-state index >= 15 is 0 Å². The Kier molecular flexibility index (Phi) is 6.72. The van der Waals surface area contributed by atoms with Gasteiger partial charge in [0.1, 0.15) is 6.04 Å². The number of hydrogen-bond acceptors (Lipinski definition) is 7. The maximum atomic E-state index is 13.7. The number of nitrogens with zero attached hydrogens (tertiary/aromatic N) is 3. The molecule has 208 valence electrons. The van der Waals surface area contributed by atoms with Crippen molar-refractivity contribution in [3.8, 4) is 11.3 Å². The van der Waals surface area contributed by atoms with Crippen LogP contribution in [0.2, 0.25) is 0 Å². The number of anilines is 1. The second-order valence-corrected chi connectivity index (χ2v) is 13.0. The van der Waals surface area contributed by atoms with Crippen LogP contribution in [0.25, 0.3) is 22.2 Å². The van der Waals surface area contributed by atoms with E-state index in [9.17, 15) is 28.2 Å². The molecule has 11 heteroatoms. The van der Waals surface area contributed by atoms with Gasteiger partial charge in [0, 0.05) is 36.3 Å². The van der Waals surface area contributed by atoms with Crippen molar-refractivity contribution in [2.24, 2.45) is 0 Å².